The van der Waals surface area contributed by atoms with Crippen LogP contribution < -0.4 is 15.4 Å². The lowest BCUT2D eigenvalue weighted by molar-refractivity contribution is -0.135. The summed E-state index contributed by atoms with van der Waals surface area (Å²) in [7, 11) is 0. The van der Waals surface area contributed by atoms with Gasteiger partial charge in [-0.25, -0.2) is 0 Å². The fourth-order valence-electron chi connectivity index (χ4n) is 3.61. The number of nitrogens with one attached hydrogen (secondary N) is 2. The summed E-state index contributed by atoms with van der Waals surface area (Å²) in [5.74, 6) is 1.14. The molecule has 1 aromatic carbocycles. The lowest BCUT2D eigenvalue weighted by Crippen LogP contribution is -2.47. The Morgan fingerprint density at radius 3 is 2.70 bits per heavy atom. The van der Waals surface area contributed by atoms with Crippen LogP contribution in [0.1, 0.15) is 31.2 Å². The molecule has 0 saturated carbocycles. The third-order valence-electron chi connectivity index (χ3n) is 5.20. The number of carbonyl (C=O) groups is 2. The first-order chi connectivity index (χ1) is 12.6. The van der Waals surface area contributed by atoms with Gasteiger partial charge < -0.3 is 20.3 Å². The SMILES string of the molecule is Cc1ccc(OCC(=O)N2CCCC(CNC(=O)C3CCCN3)C2)cc1.Cl. The number of hydrogen-bond donors (Lipinski definition) is 2. The first-order valence-electron chi connectivity index (χ1n) is 9.60. The van der Waals surface area contributed by atoms with E-state index in [9.17, 15) is 9.59 Å². The van der Waals surface area contributed by atoms with Crippen molar-refractivity contribution in [2.45, 2.75) is 38.6 Å². The van der Waals surface area contributed by atoms with E-state index in [4.69, 9.17) is 4.74 Å². The number of amides is 2. The van der Waals surface area contributed by atoms with E-state index < -0.39 is 0 Å². The van der Waals surface area contributed by atoms with Crippen molar-refractivity contribution < 1.29 is 14.3 Å². The molecule has 0 aromatic heterocycles. The average Bonchev–Trinajstić information content (AvgIpc) is 3.20. The summed E-state index contributed by atoms with van der Waals surface area (Å²) in [5, 5.41) is 6.26. The molecule has 0 bridgehead atoms. The quantitative estimate of drug-likeness (QED) is 0.771. The Hall–Kier alpha value is -1.79. The van der Waals surface area contributed by atoms with Crippen LogP contribution in [0, 0.1) is 12.8 Å². The van der Waals surface area contributed by atoms with Gasteiger partial charge in [0.05, 0.1) is 6.04 Å². The number of halogens is 1. The van der Waals surface area contributed by atoms with E-state index >= 15 is 0 Å². The molecule has 150 valence electrons. The number of carbonyl (C=O) groups excluding carboxylic acids is 2. The third-order valence-corrected chi connectivity index (χ3v) is 5.20. The standard InChI is InChI=1S/C20H29N3O3.ClH/c1-15-6-8-17(9-7-15)26-14-19(24)23-11-3-4-16(13-23)12-22-20(25)18-5-2-10-21-18;/h6-9,16,18,21H,2-5,10-14H2,1H3,(H,22,25);1H. The molecule has 2 N–H and O–H groups in total. The number of hydrogen-bond acceptors (Lipinski definition) is 4. The average molecular weight is 396 g/mol. The molecular weight excluding hydrogens is 366 g/mol. The van der Waals surface area contributed by atoms with E-state index in [1.807, 2.05) is 36.1 Å². The van der Waals surface area contributed by atoms with Crippen LogP contribution in [-0.4, -0.2) is 55.5 Å². The molecule has 7 heteroatoms. The van der Waals surface area contributed by atoms with Gasteiger partial charge in [0.2, 0.25) is 5.91 Å². The zero-order chi connectivity index (χ0) is 18.4. The van der Waals surface area contributed by atoms with Crippen LogP contribution in [0.25, 0.3) is 0 Å². The summed E-state index contributed by atoms with van der Waals surface area (Å²) in [5.41, 5.74) is 1.16. The van der Waals surface area contributed by atoms with E-state index in [1.54, 1.807) is 0 Å². The molecule has 0 radical (unpaired) electrons. The largest absolute Gasteiger partial charge is 0.484 e. The topological polar surface area (TPSA) is 70.7 Å². The molecule has 2 atom stereocenters. The van der Waals surface area contributed by atoms with Gasteiger partial charge in [0.1, 0.15) is 5.75 Å². The van der Waals surface area contributed by atoms with Gasteiger partial charge in [-0.15, -0.1) is 12.4 Å². The van der Waals surface area contributed by atoms with Gasteiger partial charge >= 0.3 is 0 Å². The molecule has 2 saturated heterocycles. The fraction of sp³-hybridized carbons (Fsp3) is 0.600. The van der Waals surface area contributed by atoms with Crippen LogP contribution in [0.15, 0.2) is 24.3 Å². The summed E-state index contributed by atoms with van der Waals surface area (Å²) in [6, 6.07) is 7.67. The highest BCUT2D eigenvalue weighted by Crippen LogP contribution is 2.17. The predicted octanol–water partition coefficient (Wildman–Crippen LogP) is 1.90. The van der Waals surface area contributed by atoms with Crippen LogP contribution in [0.4, 0.5) is 0 Å². The molecule has 1 aromatic rings. The van der Waals surface area contributed by atoms with E-state index in [0.29, 0.717) is 24.8 Å². The highest BCUT2D eigenvalue weighted by atomic mass is 35.5. The minimum Gasteiger partial charge on any atom is -0.484 e. The van der Waals surface area contributed by atoms with Crippen molar-refractivity contribution in [3.05, 3.63) is 29.8 Å². The van der Waals surface area contributed by atoms with Crippen molar-refractivity contribution in [3.63, 3.8) is 0 Å². The van der Waals surface area contributed by atoms with Gasteiger partial charge in [-0.3, -0.25) is 9.59 Å². The molecule has 2 heterocycles. The van der Waals surface area contributed by atoms with E-state index in [-0.39, 0.29) is 36.9 Å². The molecule has 2 unspecified atom stereocenters. The van der Waals surface area contributed by atoms with Crippen molar-refractivity contribution in [1.29, 1.82) is 0 Å². The van der Waals surface area contributed by atoms with Crippen molar-refractivity contribution in [1.82, 2.24) is 15.5 Å². The van der Waals surface area contributed by atoms with Gasteiger partial charge in [0, 0.05) is 19.6 Å². The molecule has 0 aliphatic carbocycles. The number of likely N-dealkylation sites (tertiary alicyclic amines) is 1. The number of nitrogens with zero attached hydrogens (tertiary/aromatic N) is 1. The van der Waals surface area contributed by atoms with E-state index in [1.165, 1.54) is 0 Å². The van der Waals surface area contributed by atoms with Crippen LogP contribution >= 0.6 is 12.4 Å². The first kappa shape index (κ1) is 21.5. The number of aryl methyl sites for hydroxylation is 1. The molecular formula is C20H30ClN3O3. The van der Waals surface area contributed by atoms with Gasteiger partial charge in [-0.2, -0.15) is 0 Å². The van der Waals surface area contributed by atoms with Crippen LogP contribution in [0.3, 0.4) is 0 Å². The zero-order valence-electron chi connectivity index (χ0n) is 15.9. The van der Waals surface area contributed by atoms with Crippen molar-refractivity contribution in [3.8, 4) is 5.75 Å². The lowest BCUT2D eigenvalue weighted by atomic mass is 9.97. The summed E-state index contributed by atoms with van der Waals surface area (Å²) >= 11 is 0. The molecule has 0 spiro atoms. The number of rotatable bonds is 6. The molecule has 3 rings (SSSR count). The monoisotopic (exact) mass is 395 g/mol. The first-order valence-corrected chi connectivity index (χ1v) is 9.60. The minimum atomic E-state index is -0.0424. The molecule has 2 amide bonds. The Labute approximate surface area is 167 Å². The van der Waals surface area contributed by atoms with Gasteiger partial charge in [-0.1, -0.05) is 17.7 Å². The summed E-state index contributed by atoms with van der Waals surface area (Å²) in [6.07, 6.45) is 3.99. The maximum absolute atomic E-state index is 12.4. The molecule has 2 aliphatic heterocycles. The van der Waals surface area contributed by atoms with Crippen molar-refractivity contribution in [2.75, 3.05) is 32.8 Å². The smallest absolute Gasteiger partial charge is 0.260 e. The number of benzene rings is 1. The normalized spacial score (nSPS) is 22.0. The Morgan fingerprint density at radius 2 is 2.00 bits per heavy atom. The van der Waals surface area contributed by atoms with Crippen molar-refractivity contribution >= 4 is 24.2 Å². The Kier molecular flexibility index (Phi) is 8.38. The highest BCUT2D eigenvalue weighted by Gasteiger charge is 2.26. The van der Waals surface area contributed by atoms with Gasteiger partial charge in [-0.05, 0) is 57.2 Å². The lowest BCUT2D eigenvalue weighted by Gasteiger charge is -2.33. The molecule has 2 fully saturated rings. The van der Waals surface area contributed by atoms with E-state index in [0.717, 1.165) is 44.3 Å². The summed E-state index contributed by atoms with van der Waals surface area (Å²) < 4.78 is 5.61. The number of piperidine rings is 1. The second kappa shape index (κ2) is 10.5. The molecule has 27 heavy (non-hydrogen) atoms. The van der Waals surface area contributed by atoms with Gasteiger partial charge in [0.25, 0.3) is 5.91 Å². The highest BCUT2D eigenvalue weighted by molar-refractivity contribution is 5.85. The molecule has 6 nitrogen and oxygen atoms in total. The Balaban J connectivity index is 0.00000261. The van der Waals surface area contributed by atoms with Crippen LogP contribution in [0.2, 0.25) is 0 Å². The number of ether oxygens (including phenoxy) is 1. The maximum atomic E-state index is 12.4. The Morgan fingerprint density at radius 1 is 1.22 bits per heavy atom. The minimum absolute atomic E-state index is 0. The zero-order valence-corrected chi connectivity index (χ0v) is 16.7. The van der Waals surface area contributed by atoms with Gasteiger partial charge in [0.15, 0.2) is 6.61 Å². The van der Waals surface area contributed by atoms with Crippen LogP contribution in [-0.2, 0) is 9.59 Å². The van der Waals surface area contributed by atoms with E-state index in [2.05, 4.69) is 10.6 Å². The second-order valence-corrected chi connectivity index (χ2v) is 7.34. The summed E-state index contributed by atoms with van der Waals surface area (Å²) in [6.45, 7) is 5.10. The second-order valence-electron chi connectivity index (χ2n) is 7.34. The molecule has 2 aliphatic rings. The van der Waals surface area contributed by atoms with Crippen molar-refractivity contribution in [2.24, 2.45) is 5.92 Å². The predicted molar refractivity (Wildman–Crippen MR) is 107 cm³/mol. The third kappa shape index (κ3) is 6.40. The maximum Gasteiger partial charge on any atom is 0.260 e. The fourth-order valence-corrected chi connectivity index (χ4v) is 3.61. The Bertz CT molecular complexity index is 617. The van der Waals surface area contributed by atoms with Crippen LogP contribution in [0.5, 0.6) is 5.75 Å². The summed E-state index contributed by atoms with van der Waals surface area (Å²) in [4.78, 5) is 26.4.